The SMILES string of the molecule is CCOC(=O)C1=C(C)N=C2SC=CN2[C@@H]1c1ccc(OC)cc1OC. The number of esters is 1. The molecule has 6 nitrogen and oxygen atoms in total. The molecular weight excluding hydrogens is 340 g/mol. The predicted octanol–water partition coefficient (Wildman–Crippen LogP) is 3.47. The third-order valence-corrected chi connectivity index (χ3v) is 4.82. The van der Waals surface area contributed by atoms with Crippen LogP contribution in [0.5, 0.6) is 11.5 Å². The number of rotatable bonds is 5. The molecule has 0 spiro atoms. The molecule has 0 aliphatic carbocycles. The molecule has 7 heteroatoms. The van der Waals surface area contributed by atoms with Gasteiger partial charge in [-0.05, 0) is 31.4 Å². The Bertz CT molecular complexity index is 785. The minimum Gasteiger partial charge on any atom is -0.497 e. The number of fused-ring (bicyclic) bond motifs is 1. The largest absolute Gasteiger partial charge is 0.497 e. The number of amidine groups is 1. The lowest BCUT2D eigenvalue weighted by Crippen LogP contribution is -2.34. The zero-order chi connectivity index (χ0) is 18.0. The van der Waals surface area contributed by atoms with E-state index in [0.717, 1.165) is 10.7 Å². The van der Waals surface area contributed by atoms with Crippen molar-refractivity contribution < 1.29 is 19.0 Å². The first kappa shape index (κ1) is 17.4. The fourth-order valence-corrected chi connectivity index (χ4v) is 3.71. The molecule has 0 N–H and O–H groups in total. The summed E-state index contributed by atoms with van der Waals surface area (Å²) in [6.45, 7) is 3.93. The van der Waals surface area contributed by atoms with E-state index in [0.29, 0.717) is 29.4 Å². The lowest BCUT2D eigenvalue weighted by Gasteiger charge is -2.34. The van der Waals surface area contributed by atoms with Gasteiger partial charge in [0.15, 0.2) is 5.17 Å². The molecule has 3 rings (SSSR count). The van der Waals surface area contributed by atoms with Crippen LogP contribution in [0.15, 0.2) is 46.1 Å². The summed E-state index contributed by atoms with van der Waals surface area (Å²) in [6, 6.07) is 5.22. The van der Waals surface area contributed by atoms with E-state index < -0.39 is 0 Å². The van der Waals surface area contributed by atoms with Crippen LogP contribution in [0.3, 0.4) is 0 Å². The molecule has 2 aliphatic heterocycles. The minimum absolute atomic E-state index is 0.309. The number of benzene rings is 1. The van der Waals surface area contributed by atoms with Gasteiger partial charge in [-0.1, -0.05) is 11.8 Å². The number of hydrogen-bond acceptors (Lipinski definition) is 7. The van der Waals surface area contributed by atoms with Gasteiger partial charge in [-0.2, -0.15) is 0 Å². The molecule has 132 valence electrons. The zero-order valence-electron chi connectivity index (χ0n) is 14.6. The van der Waals surface area contributed by atoms with Gasteiger partial charge >= 0.3 is 5.97 Å². The van der Waals surface area contributed by atoms with Crippen molar-refractivity contribution in [2.75, 3.05) is 20.8 Å². The third kappa shape index (κ3) is 3.11. The molecule has 0 amide bonds. The molecule has 1 atom stereocenters. The Labute approximate surface area is 151 Å². The topological polar surface area (TPSA) is 60.4 Å². The van der Waals surface area contributed by atoms with Crippen LogP contribution < -0.4 is 9.47 Å². The molecule has 0 aromatic heterocycles. The van der Waals surface area contributed by atoms with E-state index >= 15 is 0 Å². The van der Waals surface area contributed by atoms with E-state index in [9.17, 15) is 4.79 Å². The van der Waals surface area contributed by atoms with Crippen LogP contribution in [0, 0.1) is 0 Å². The van der Waals surface area contributed by atoms with E-state index in [1.165, 1.54) is 11.8 Å². The van der Waals surface area contributed by atoms with Gasteiger partial charge in [0.25, 0.3) is 0 Å². The maximum atomic E-state index is 12.6. The van der Waals surface area contributed by atoms with Gasteiger partial charge in [-0.25, -0.2) is 9.79 Å². The highest BCUT2D eigenvalue weighted by atomic mass is 32.2. The number of methoxy groups -OCH3 is 2. The molecule has 0 bridgehead atoms. The van der Waals surface area contributed by atoms with E-state index in [-0.39, 0.29) is 12.0 Å². The van der Waals surface area contributed by atoms with Gasteiger partial charge in [0.1, 0.15) is 11.5 Å². The fourth-order valence-electron chi connectivity index (χ4n) is 2.92. The smallest absolute Gasteiger partial charge is 0.338 e. The Morgan fingerprint density at radius 3 is 2.80 bits per heavy atom. The second-order valence-corrected chi connectivity index (χ2v) is 6.31. The first-order valence-corrected chi connectivity index (χ1v) is 8.78. The van der Waals surface area contributed by atoms with Gasteiger partial charge in [-0.15, -0.1) is 0 Å². The number of carbonyl (C=O) groups excluding carboxylic acids is 1. The molecule has 0 saturated heterocycles. The average molecular weight is 360 g/mol. The van der Waals surface area contributed by atoms with Crippen molar-refractivity contribution in [2.45, 2.75) is 19.9 Å². The Morgan fingerprint density at radius 2 is 2.12 bits per heavy atom. The monoisotopic (exact) mass is 360 g/mol. The normalized spacial score (nSPS) is 18.8. The van der Waals surface area contributed by atoms with Crippen LogP contribution in [0.4, 0.5) is 0 Å². The second kappa shape index (κ2) is 7.23. The van der Waals surface area contributed by atoms with E-state index in [1.54, 1.807) is 21.1 Å². The molecule has 0 unspecified atom stereocenters. The summed E-state index contributed by atoms with van der Waals surface area (Å²) in [4.78, 5) is 19.1. The molecule has 1 aromatic rings. The molecular formula is C18H20N2O4S. The van der Waals surface area contributed by atoms with Crippen molar-refractivity contribution in [1.29, 1.82) is 0 Å². The van der Waals surface area contributed by atoms with Gasteiger partial charge in [0, 0.05) is 17.8 Å². The third-order valence-electron chi connectivity index (χ3n) is 4.05. The maximum absolute atomic E-state index is 12.6. The highest BCUT2D eigenvalue weighted by Gasteiger charge is 2.38. The number of nitrogens with zero attached hydrogens (tertiary/aromatic N) is 2. The number of allylic oxidation sites excluding steroid dienone is 1. The van der Waals surface area contributed by atoms with Crippen LogP contribution in [-0.4, -0.2) is 36.9 Å². The van der Waals surface area contributed by atoms with Crippen molar-refractivity contribution in [1.82, 2.24) is 4.90 Å². The zero-order valence-corrected chi connectivity index (χ0v) is 15.4. The van der Waals surface area contributed by atoms with Crippen molar-refractivity contribution in [2.24, 2.45) is 4.99 Å². The summed E-state index contributed by atoms with van der Waals surface area (Å²) in [6.07, 6.45) is 1.92. The number of hydrogen-bond donors (Lipinski definition) is 0. The summed E-state index contributed by atoms with van der Waals surface area (Å²) in [7, 11) is 3.21. The minimum atomic E-state index is -0.365. The number of ether oxygens (including phenoxy) is 3. The van der Waals surface area contributed by atoms with Crippen molar-refractivity contribution in [3.8, 4) is 11.5 Å². The molecule has 1 aromatic carbocycles. The Balaban J connectivity index is 2.15. The summed E-state index contributed by atoms with van der Waals surface area (Å²) >= 11 is 1.52. The van der Waals surface area contributed by atoms with Crippen molar-refractivity contribution in [3.05, 3.63) is 46.6 Å². The van der Waals surface area contributed by atoms with E-state index in [4.69, 9.17) is 14.2 Å². The second-order valence-electron chi connectivity index (χ2n) is 5.43. The summed E-state index contributed by atoms with van der Waals surface area (Å²) in [5.41, 5.74) is 2.02. The van der Waals surface area contributed by atoms with Crippen LogP contribution in [0.2, 0.25) is 0 Å². The lowest BCUT2D eigenvalue weighted by atomic mass is 9.94. The fraction of sp³-hybridized carbons (Fsp3) is 0.333. The molecule has 0 radical (unpaired) electrons. The van der Waals surface area contributed by atoms with E-state index in [2.05, 4.69) is 4.99 Å². The number of carbonyl (C=O) groups is 1. The molecule has 2 heterocycles. The van der Waals surface area contributed by atoms with E-state index in [1.807, 2.05) is 41.6 Å². The average Bonchev–Trinajstić information content (AvgIpc) is 3.08. The summed E-state index contributed by atoms with van der Waals surface area (Å²) in [5, 5.41) is 2.77. The highest BCUT2D eigenvalue weighted by Crippen LogP contribution is 2.44. The molecule has 0 fully saturated rings. The first-order chi connectivity index (χ1) is 12.1. The number of aliphatic imine (C=N–C) groups is 1. The summed E-state index contributed by atoms with van der Waals surface area (Å²) < 4.78 is 16.1. The predicted molar refractivity (Wildman–Crippen MR) is 97.6 cm³/mol. The van der Waals surface area contributed by atoms with Crippen molar-refractivity contribution in [3.63, 3.8) is 0 Å². The Morgan fingerprint density at radius 1 is 1.32 bits per heavy atom. The number of thioether (sulfide) groups is 1. The first-order valence-electron chi connectivity index (χ1n) is 7.90. The van der Waals surface area contributed by atoms with Crippen LogP contribution in [-0.2, 0) is 9.53 Å². The lowest BCUT2D eigenvalue weighted by molar-refractivity contribution is -0.139. The Kier molecular flexibility index (Phi) is 5.03. The maximum Gasteiger partial charge on any atom is 0.338 e. The standard InChI is InChI=1S/C18H20N2O4S/c1-5-24-17(21)15-11(2)19-18-20(8-9-25-18)16(15)13-7-6-12(22-3)10-14(13)23-4/h6-10,16H,5H2,1-4H3/t16-/m1/s1. The quantitative estimate of drug-likeness (QED) is 0.750. The van der Waals surface area contributed by atoms with Gasteiger partial charge < -0.3 is 19.1 Å². The molecule has 0 saturated carbocycles. The van der Waals surface area contributed by atoms with Crippen LogP contribution in [0.1, 0.15) is 25.5 Å². The van der Waals surface area contributed by atoms with Gasteiger partial charge in [-0.3, -0.25) is 0 Å². The van der Waals surface area contributed by atoms with Crippen molar-refractivity contribution >= 4 is 22.9 Å². The van der Waals surface area contributed by atoms with Crippen LogP contribution in [0.25, 0.3) is 0 Å². The summed E-state index contributed by atoms with van der Waals surface area (Å²) in [5.74, 6) is 0.969. The Hall–Kier alpha value is -2.41. The van der Waals surface area contributed by atoms with Gasteiger partial charge in [0.2, 0.25) is 0 Å². The highest BCUT2D eigenvalue weighted by molar-refractivity contribution is 8.16. The molecule has 25 heavy (non-hydrogen) atoms. The molecule has 2 aliphatic rings. The van der Waals surface area contributed by atoms with Gasteiger partial charge in [0.05, 0.1) is 38.1 Å². The van der Waals surface area contributed by atoms with Crippen LogP contribution >= 0.6 is 11.8 Å².